The van der Waals surface area contributed by atoms with E-state index in [0.717, 1.165) is 19.4 Å². The van der Waals surface area contributed by atoms with Crippen molar-refractivity contribution in [2.45, 2.75) is 38.8 Å². The van der Waals surface area contributed by atoms with Gasteiger partial charge < -0.3 is 9.84 Å². The number of H-pyrrole nitrogens is 1. The number of hydrogen-bond donors (Lipinski definition) is 2. The van der Waals surface area contributed by atoms with Crippen molar-refractivity contribution in [2.24, 2.45) is 0 Å². The van der Waals surface area contributed by atoms with E-state index in [2.05, 4.69) is 4.98 Å². The van der Waals surface area contributed by atoms with E-state index >= 15 is 0 Å². The van der Waals surface area contributed by atoms with Crippen LogP contribution in [0.1, 0.15) is 24.8 Å². The van der Waals surface area contributed by atoms with Crippen molar-refractivity contribution in [3.05, 3.63) is 26.4 Å². The lowest BCUT2D eigenvalue weighted by Crippen LogP contribution is -2.32. The molecular weight excluding hydrogens is 224 g/mol. The Balaban J connectivity index is 2.17. The third-order valence-corrected chi connectivity index (χ3v) is 3.10. The zero-order chi connectivity index (χ0) is 12.4. The molecule has 17 heavy (non-hydrogen) atoms. The Bertz CT molecular complexity index is 511. The predicted octanol–water partition coefficient (Wildman–Crippen LogP) is 0.120. The van der Waals surface area contributed by atoms with Gasteiger partial charge in [0, 0.05) is 13.2 Å². The molecule has 94 valence electrons. The first-order chi connectivity index (χ1) is 8.09. The van der Waals surface area contributed by atoms with E-state index in [1.807, 2.05) is 0 Å². The molecular formula is C11H16N2O4. The fourth-order valence-electron chi connectivity index (χ4n) is 2.01. The first-order valence-electron chi connectivity index (χ1n) is 5.74. The Morgan fingerprint density at radius 1 is 1.53 bits per heavy atom. The molecule has 6 heteroatoms. The average Bonchev–Trinajstić information content (AvgIpc) is 2.79. The molecule has 0 saturated carbocycles. The Hall–Kier alpha value is -1.56. The van der Waals surface area contributed by atoms with Crippen LogP contribution in [0.5, 0.6) is 5.88 Å². The molecule has 1 aromatic rings. The van der Waals surface area contributed by atoms with Gasteiger partial charge in [0.1, 0.15) is 0 Å². The SMILES string of the molecule is Cc1c(O)n(CCC2CCCO2)c(=O)[nH]c1=O. The predicted molar refractivity (Wildman–Crippen MR) is 61.3 cm³/mol. The first kappa shape index (κ1) is 11.9. The molecule has 1 fully saturated rings. The monoisotopic (exact) mass is 240 g/mol. The van der Waals surface area contributed by atoms with Crippen LogP contribution in [0.25, 0.3) is 0 Å². The van der Waals surface area contributed by atoms with Crippen LogP contribution < -0.4 is 11.2 Å². The second-order valence-electron chi connectivity index (χ2n) is 4.28. The average molecular weight is 240 g/mol. The van der Waals surface area contributed by atoms with Crippen molar-refractivity contribution in [1.82, 2.24) is 9.55 Å². The smallest absolute Gasteiger partial charge is 0.331 e. The second kappa shape index (κ2) is 4.75. The number of aromatic amines is 1. The van der Waals surface area contributed by atoms with Gasteiger partial charge in [-0.25, -0.2) is 4.79 Å². The molecule has 1 saturated heterocycles. The van der Waals surface area contributed by atoms with Gasteiger partial charge in [-0.1, -0.05) is 0 Å². The summed E-state index contributed by atoms with van der Waals surface area (Å²) in [6, 6.07) is 0. The Morgan fingerprint density at radius 2 is 2.29 bits per heavy atom. The van der Waals surface area contributed by atoms with Gasteiger partial charge in [-0.3, -0.25) is 14.3 Å². The van der Waals surface area contributed by atoms with Crippen LogP contribution in [0.15, 0.2) is 9.59 Å². The van der Waals surface area contributed by atoms with Gasteiger partial charge in [-0.05, 0) is 26.2 Å². The maximum atomic E-state index is 11.5. The van der Waals surface area contributed by atoms with Gasteiger partial charge in [0.2, 0.25) is 5.88 Å². The number of hydrogen-bond acceptors (Lipinski definition) is 4. The van der Waals surface area contributed by atoms with Crippen LogP contribution in [-0.4, -0.2) is 27.4 Å². The van der Waals surface area contributed by atoms with Gasteiger partial charge in [-0.2, -0.15) is 0 Å². The lowest BCUT2D eigenvalue weighted by Gasteiger charge is -2.12. The quantitative estimate of drug-likeness (QED) is 0.786. The van der Waals surface area contributed by atoms with E-state index in [-0.39, 0.29) is 17.5 Å². The normalized spacial score (nSPS) is 19.7. The highest BCUT2D eigenvalue weighted by atomic mass is 16.5. The molecule has 2 heterocycles. The summed E-state index contributed by atoms with van der Waals surface area (Å²) in [6.45, 7) is 2.60. The molecule has 0 aliphatic carbocycles. The maximum absolute atomic E-state index is 11.5. The summed E-state index contributed by atoms with van der Waals surface area (Å²) in [7, 11) is 0. The van der Waals surface area contributed by atoms with Crippen molar-refractivity contribution in [3.8, 4) is 5.88 Å². The molecule has 0 radical (unpaired) electrons. The molecule has 1 aliphatic rings. The Kier molecular flexibility index (Phi) is 3.33. The van der Waals surface area contributed by atoms with Gasteiger partial charge >= 0.3 is 5.69 Å². The molecule has 1 unspecified atom stereocenters. The molecule has 1 atom stereocenters. The molecule has 0 bridgehead atoms. The number of aromatic nitrogens is 2. The van der Waals surface area contributed by atoms with Crippen LogP contribution in [-0.2, 0) is 11.3 Å². The summed E-state index contributed by atoms with van der Waals surface area (Å²) in [6.07, 6.45) is 2.83. The fraction of sp³-hybridized carbons (Fsp3) is 0.636. The number of aromatic hydroxyl groups is 1. The minimum Gasteiger partial charge on any atom is -0.494 e. The number of ether oxygens (including phenoxy) is 1. The van der Waals surface area contributed by atoms with E-state index in [1.165, 1.54) is 11.5 Å². The Labute approximate surface area is 97.9 Å². The highest BCUT2D eigenvalue weighted by Gasteiger charge is 2.17. The number of rotatable bonds is 3. The number of nitrogens with zero attached hydrogens (tertiary/aromatic N) is 1. The van der Waals surface area contributed by atoms with Gasteiger partial charge in [0.25, 0.3) is 5.56 Å². The van der Waals surface area contributed by atoms with Crippen molar-refractivity contribution in [3.63, 3.8) is 0 Å². The van der Waals surface area contributed by atoms with E-state index in [9.17, 15) is 14.7 Å². The van der Waals surface area contributed by atoms with E-state index in [4.69, 9.17) is 4.74 Å². The third kappa shape index (κ3) is 2.41. The molecule has 1 aliphatic heterocycles. The maximum Gasteiger partial charge on any atom is 0.331 e. The van der Waals surface area contributed by atoms with E-state index < -0.39 is 11.2 Å². The fourth-order valence-corrected chi connectivity index (χ4v) is 2.01. The largest absolute Gasteiger partial charge is 0.494 e. The molecule has 0 spiro atoms. The van der Waals surface area contributed by atoms with E-state index in [1.54, 1.807) is 0 Å². The van der Waals surface area contributed by atoms with Crippen molar-refractivity contribution in [2.75, 3.05) is 6.61 Å². The molecule has 0 aromatic carbocycles. The van der Waals surface area contributed by atoms with Crippen molar-refractivity contribution >= 4 is 0 Å². The van der Waals surface area contributed by atoms with Crippen molar-refractivity contribution < 1.29 is 9.84 Å². The number of nitrogens with one attached hydrogen (secondary N) is 1. The van der Waals surface area contributed by atoms with Crippen LogP contribution in [0.3, 0.4) is 0 Å². The zero-order valence-corrected chi connectivity index (χ0v) is 9.73. The summed E-state index contributed by atoms with van der Waals surface area (Å²) in [5.41, 5.74) is -0.950. The molecule has 1 aromatic heterocycles. The first-order valence-corrected chi connectivity index (χ1v) is 5.74. The standard InChI is InChI=1S/C11H16N2O4/c1-7-9(14)12-11(16)13(10(7)15)5-4-8-3-2-6-17-8/h8,15H,2-6H2,1H3,(H,12,14,16). The highest BCUT2D eigenvalue weighted by molar-refractivity contribution is 5.20. The molecule has 6 nitrogen and oxygen atoms in total. The summed E-state index contributed by atoms with van der Waals surface area (Å²) >= 11 is 0. The minimum atomic E-state index is -0.573. The molecule has 2 rings (SSSR count). The highest BCUT2D eigenvalue weighted by Crippen LogP contribution is 2.17. The summed E-state index contributed by atoms with van der Waals surface area (Å²) in [5, 5.41) is 9.74. The van der Waals surface area contributed by atoms with Crippen molar-refractivity contribution in [1.29, 1.82) is 0 Å². The Morgan fingerprint density at radius 3 is 2.94 bits per heavy atom. The zero-order valence-electron chi connectivity index (χ0n) is 9.73. The van der Waals surface area contributed by atoms with Gasteiger partial charge in [-0.15, -0.1) is 0 Å². The lowest BCUT2D eigenvalue weighted by molar-refractivity contribution is 0.0993. The topological polar surface area (TPSA) is 84.3 Å². The third-order valence-electron chi connectivity index (χ3n) is 3.10. The van der Waals surface area contributed by atoms with Gasteiger partial charge in [0.15, 0.2) is 0 Å². The molecule has 2 N–H and O–H groups in total. The van der Waals surface area contributed by atoms with Crippen LogP contribution in [0.2, 0.25) is 0 Å². The summed E-state index contributed by atoms with van der Waals surface area (Å²) in [4.78, 5) is 24.9. The summed E-state index contributed by atoms with van der Waals surface area (Å²) < 4.78 is 6.62. The van der Waals surface area contributed by atoms with E-state index in [0.29, 0.717) is 13.0 Å². The summed E-state index contributed by atoms with van der Waals surface area (Å²) in [5.74, 6) is -0.253. The van der Waals surface area contributed by atoms with Crippen LogP contribution in [0, 0.1) is 6.92 Å². The second-order valence-corrected chi connectivity index (χ2v) is 4.28. The van der Waals surface area contributed by atoms with Crippen LogP contribution >= 0.6 is 0 Å². The molecule has 0 amide bonds. The lowest BCUT2D eigenvalue weighted by atomic mass is 10.2. The van der Waals surface area contributed by atoms with Crippen LogP contribution in [0.4, 0.5) is 0 Å². The minimum absolute atomic E-state index is 0.147. The van der Waals surface area contributed by atoms with Gasteiger partial charge in [0.05, 0.1) is 11.7 Å².